The second-order valence-electron chi connectivity index (χ2n) is 6.41. The molecule has 0 spiro atoms. The first-order valence-electron chi connectivity index (χ1n) is 8.68. The van der Waals surface area contributed by atoms with Crippen LogP contribution in [-0.2, 0) is 0 Å². The SMILES string of the molecule is I.NC(=NCCN1C(=O)c2ccccc2C1=O)NC1CCCCCC1. The van der Waals surface area contributed by atoms with E-state index in [4.69, 9.17) is 5.73 Å². The van der Waals surface area contributed by atoms with Gasteiger partial charge >= 0.3 is 0 Å². The highest BCUT2D eigenvalue weighted by Crippen LogP contribution is 2.22. The molecule has 7 heteroatoms. The van der Waals surface area contributed by atoms with Gasteiger partial charge in [-0.25, -0.2) is 0 Å². The monoisotopic (exact) mass is 456 g/mol. The molecule has 1 heterocycles. The molecule has 0 saturated heterocycles. The summed E-state index contributed by atoms with van der Waals surface area (Å²) < 4.78 is 0. The van der Waals surface area contributed by atoms with E-state index in [-0.39, 0.29) is 42.3 Å². The Morgan fingerprint density at radius 1 is 1.08 bits per heavy atom. The maximum atomic E-state index is 12.2. The fourth-order valence-corrected chi connectivity index (χ4v) is 3.39. The highest BCUT2D eigenvalue weighted by atomic mass is 127. The fraction of sp³-hybridized carbons (Fsp3) is 0.500. The van der Waals surface area contributed by atoms with Crippen molar-refractivity contribution < 1.29 is 9.59 Å². The fourth-order valence-electron chi connectivity index (χ4n) is 3.39. The molecule has 3 rings (SSSR count). The molecule has 3 N–H and O–H groups in total. The van der Waals surface area contributed by atoms with Gasteiger partial charge < -0.3 is 11.1 Å². The van der Waals surface area contributed by atoms with E-state index in [1.54, 1.807) is 24.3 Å². The number of amides is 2. The number of imide groups is 1. The van der Waals surface area contributed by atoms with E-state index in [1.165, 1.54) is 30.6 Å². The first-order valence-corrected chi connectivity index (χ1v) is 8.68. The normalized spacial score (nSPS) is 18.6. The van der Waals surface area contributed by atoms with Crippen molar-refractivity contribution in [1.82, 2.24) is 10.2 Å². The van der Waals surface area contributed by atoms with Crippen LogP contribution < -0.4 is 11.1 Å². The Bertz CT molecular complexity index is 619. The maximum Gasteiger partial charge on any atom is 0.261 e. The molecule has 0 unspecified atom stereocenters. The minimum absolute atomic E-state index is 0. The van der Waals surface area contributed by atoms with Gasteiger partial charge in [-0.2, -0.15) is 0 Å². The van der Waals surface area contributed by atoms with Crippen LogP contribution in [0.2, 0.25) is 0 Å². The second-order valence-corrected chi connectivity index (χ2v) is 6.41. The average molecular weight is 456 g/mol. The molecule has 1 aromatic rings. The van der Waals surface area contributed by atoms with Crippen molar-refractivity contribution in [1.29, 1.82) is 0 Å². The lowest BCUT2D eigenvalue weighted by Crippen LogP contribution is -2.40. The number of benzene rings is 1. The molecule has 2 amide bonds. The molecular weight excluding hydrogens is 431 g/mol. The number of nitrogens with zero attached hydrogens (tertiary/aromatic N) is 2. The van der Waals surface area contributed by atoms with Crippen LogP contribution in [0.3, 0.4) is 0 Å². The molecule has 0 aromatic heterocycles. The lowest BCUT2D eigenvalue weighted by Gasteiger charge is -2.17. The molecule has 1 saturated carbocycles. The van der Waals surface area contributed by atoms with Crippen LogP contribution in [0.1, 0.15) is 59.2 Å². The Hall–Kier alpha value is -1.64. The zero-order valence-electron chi connectivity index (χ0n) is 14.2. The first-order chi connectivity index (χ1) is 11.7. The van der Waals surface area contributed by atoms with Crippen molar-refractivity contribution in [3.8, 4) is 0 Å². The zero-order valence-corrected chi connectivity index (χ0v) is 16.6. The highest BCUT2D eigenvalue weighted by Gasteiger charge is 2.34. The molecule has 1 aliphatic carbocycles. The number of carbonyl (C=O) groups excluding carboxylic acids is 2. The molecule has 0 radical (unpaired) electrons. The van der Waals surface area contributed by atoms with Gasteiger partial charge in [0.2, 0.25) is 0 Å². The average Bonchev–Trinajstić information content (AvgIpc) is 2.77. The molecule has 2 aliphatic rings. The predicted molar refractivity (Wildman–Crippen MR) is 108 cm³/mol. The number of hydrogen-bond acceptors (Lipinski definition) is 3. The van der Waals surface area contributed by atoms with Gasteiger partial charge in [-0.05, 0) is 25.0 Å². The Morgan fingerprint density at radius 2 is 1.64 bits per heavy atom. The zero-order chi connectivity index (χ0) is 16.9. The Morgan fingerprint density at radius 3 is 2.20 bits per heavy atom. The van der Waals surface area contributed by atoms with Crippen molar-refractivity contribution in [3.05, 3.63) is 35.4 Å². The third-order valence-corrected chi connectivity index (χ3v) is 4.69. The number of nitrogens with one attached hydrogen (secondary N) is 1. The molecule has 6 nitrogen and oxygen atoms in total. The largest absolute Gasteiger partial charge is 0.370 e. The summed E-state index contributed by atoms with van der Waals surface area (Å²) in [7, 11) is 0. The van der Waals surface area contributed by atoms with Crippen molar-refractivity contribution in [3.63, 3.8) is 0 Å². The van der Waals surface area contributed by atoms with Crippen LogP contribution in [0.4, 0.5) is 0 Å². The van der Waals surface area contributed by atoms with Crippen LogP contribution in [0, 0.1) is 0 Å². The number of nitrogens with two attached hydrogens (primary N) is 1. The Labute approximate surface area is 165 Å². The summed E-state index contributed by atoms with van der Waals surface area (Å²) >= 11 is 0. The Balaban J connectivity index is 0.00000225. The molecule has 0 bridgehead atoms. The van der Waals surface area contributed by atoms with Gasteiger partial charge in [0.05, 0.1) is 17.7 Å². The molecule has 136 valence electrons. The van der Waals surface area contributed by atoms with E-state index < -0.39 is 0 Å². The van der Waals surface area contributed by atoms with Gasteiger partial charge in [0, 0.05) is 12.6 Å². The van der Waals surface area contributed by atoms with Crippen LogP contribution in [0.25, 0.3) is 0 Å². The van der Waals surface area contributed by atoms with Gasteiger partial charge in [0.1, 0.15) is 0 Å². The molecular formula is C18H25IN4O2. The van der Waals surface area contributed by atoms with E-state index in [0.717, 1.165) is 12.8 Å². The summed E-state index contributed by atoms with van der Waals surface area (Å²) in [6.45, 7) is 0.566. The molecule has 25 heavy (non-hydrogen) atoms. The van der Waals surface area contributed by atoms with Gasteiger partial charge in [-0.3, -0.25) is 19.5 Å². The van der Waals surface area contributed by atoms with Gasteiger partial charge in [-0.15, -0.1) is 24.0 Å². The van der Waals surface area contributed by atoms with Crippen LogP contribution >= 0.6 is 24.0 Å². The van der Waals surface area contributed by atoms with Crippen LogP contribution in [-0.4, -0.2) is 41.8 Å². The third-order valence-electron chi connectivity index (χ3n) is 4.69. The van der Waals surface area contributed by atoms with Crippen molar-refractivity contribution in [2.75, 3.05) is 13.1 Å². The van der Waals surface area contributed by atoms with Gasteiger partial charge in [0.15, 0.2) is 5.96 Å². The highest BCUT2D eigenvalue weighted by molar-refractivity contribution is 14.0. The van der Waals surface area contributed by atoms with Crippen LogP contribution in [0.5, 0.6) is 0 Å². The van der Waals surface area contributed by atoms with Crippen molar-refractivity contribution >= 4 is 41.8 Å². The summed E-state index contributed by atoms with van der Waals surface area (Å²) in [5.74, 6) is -0.0966. The number of carbonyl (C=O) groups is 2. The number of halogens is 1. The van der Waals surface area contributed by atoms with E-state index in [9.17, 15) is 9.59 Å². The second kappa shape index (κ2) is 9.17. The molecule has 1 fully saturated rings. The number of fused-ring (bicyclic) bond motifs is 1. The minimum atomic E-state index is -0.249. The number of guanidine groups is 1. The first kappa shape index (κ1) is 19.7. The lowest BCUT2D eigenvalue weighted by molar-refractivity contribution is 0.0659. The molecule has 1 aliphatic heterocycles. The quantitative estimate of drug-likeness (QED) is 0.240. The number of rotatable bonds is 4. The van der Waals surface area contributed by atoms with Crippen molar-refractivity contribution in [2.24, 2.45) is 10.7 Å². The third kappa shape index (κ3) is 4.71. The molecule has 0 atom stereocenters. The van der Waals surface area contributed by atoms with E-state index in [2.05, 4.69) is 10.3 Å². The number of aliphatic imine (C=N–C) groups is 1. The summed E-state index contributed by atoms with van der Waals surface area (Å²) in [6, 6.07) is 7.28. The van der Waals surface area contributed by atoms with Gasteiger partial charge in [0.25, 0.3) is 11.8 Å². The van der Waals surface area contributed by atoms with E-state index in [0.29, 0.717) is 29.7 Å². The topological polar surface area (TPSA) is 87.8 Å². The van der Waals surface area contributed by atoms with Crippen molar-refractivity contribution in [2.45, 2.75) is 44.6 Å². The smallest absolute Gasteiger partial charge is 0.261 e. The van der Waals surface area contributed by atoms with E-state index >= 15 is 0 Å². The molecule has 1 aromatic carbocycles. The summed E-state index contributed by atoms with van der Waals surface area (Å²) in [5.41, 5.74) is 6.88. The Kier molecular flexibility index (Phi) is 7.22. The predicted octanol–water partition coefficient (Wildman–Crippen LogP) is 2.53. The minimum Gasteiger partial charge on any atom is -0.370 e. The number of hydrogen-bond donors (Lipinski definition) is 2. The van der Waals surface area contributed by atoms with E-state index in [1.807, 2.05) is 0 Å². The summed E-state index contributed by atoms with van der Waals surface area (Å²) in [4.78, 5) is 30.0. The van der Waals surface area contributed by atoms with Crippen LogP contribution in [0.15, 0.2) is 29.3 Å². The maximum absolute atomic E-state index is 12.2. The summed E-state index contributed by atoms with van der Waals surface area (Å²) in [6.07, 6.45) is 7.26. The standard InChI is InChI=1S/C18H24N4O2.HI/c19-18(21-13-7-3-1-2-4-8-13)20-11-12-22-16(23)14-9-5-6-10-15(14)17(22)24;/h5-6,9-10,13H,1-4,7-8,11-12H2,(H3,19,20,21);1H. The lowest BCUT2D eigenvalue weighted by atomic mass is 10.1. The summed E-state index contributed by atoms with van der Waals surface area (Å²) in [5, 5.41) is 3.26. The van der Waals surface area contributed by atoms with Gasteiger partial charge in [-0.1, -0.05) is 37.8 Å².